The van der Waals surface area contributed by atoms with E-state index in [9.17, 15) is 14.4 Å². The van der Waals surface area contributed by atoms with Crippen LogP contribution in [0.4, 0.5) is 16.3 Å². The Balaban J connectivity index is 0.000000176. The van der Waals surface area contributed by atoms with Crippen LogP contribution < -0.4 is 25.8 Å². The Bertz CT molecular complexity index is 1620. The number of hydrogen-bond donors (Lipinski definition) is 3. The lowest BCUT2D eigenvalue weighted by Gasteiger charge is -2.33. The number of nitrogens with two attached hydrogens (primary N) is 2. The summed E-state index contributed by atoms with van der Waals surface area (Å²) in [6.07, 6.45) is 1.60. The average Bonchev–Trinajstić information content (AvgIpc) is 3.49. The van der Waals surface area contributed by atoms with Crippen molar-refractivity contribution >= 4 is 40.2 Å². The van der Waals surface area contributed by atoms with Crippen molar-refractivity contribution in [3.63, 3.8) is 0 Å². The van der Waals surface area contributed by atoms with Crippen LogP contribution in [0, 0.1) is 0 Å². The summed E-state index contributed by atoms with van der Waals surface area (Å²) in [6.45, 7) is 3.80. The van der Waals surface area contributed by atoms with Crippen LogP contribution in [0.5, 0.6) is 11.5 Å². The van der Waals surface area contributed by atoms with Crippen LogP contribution in [-0.4, -0.2) is 77.3 Å². The van der Waals surface area contributed by atoms with Gasteiger partial charge in [0.1, 0.15) is 12.4 Å². The molecule has 0 bridgehead atoms. The standard InChI is InChI=1S/C18H15N3O3.C13H17N3O3/c19-17-15-10-13(7-6-12(15)8-9-20-17)18(24)21(11-16(22)23)14-4-2-1-3-5-14;14-13(17)16-5-3-15(4-6-16)8-10-1-2-11-12(7-10)19-9-18-11/h1-10H,11H2,(H2,19,20)(H,22,23);1-2,7H,3-6,8-9H2,(H2,14,17). The van der Waals surface area contributed by atoms with Gasteiger partial charge in [0.25, 0.3) is 5.91 Å². The minimum absolute atomic E-state index is 0.302. The van der Waals surface area contributed by atoms with Gasteiger partial charge >= 0.3 is 12.0 Å². The van der Waals surface area contributed by atoms with E-state index in [1.54, 1.807) is 65.7 Å². The lowest BCUT2D eigenvalue weighted by atomic mass is 10.1. The van der Waals surface area contributed by atoms with Crippen molar-refractivity contribution in [1.82, 2.24) is 14.8 Å². The second-order valence-electron chi connectivity index (χ2n) is 10.0. The van der Waals surface area contributed by atoms with Gasteiger partial charge in [-0.2, -0.15) is 0 Å². The van der Waals surface area contributed by atoms with Crippen molar-refractivity contribution in [1.29, 1.82) is 0 Å². The fourth-order valence-corrected chi connectivity index (χ4v) is 4.93. The normalized spacial score (nSPS) is 14.1. The Morgan fingerprint density at radius 2 is 1.65 bits per heavy atom. The quantitative estimate of drug-likeness (QED) is 0.309. The van der Waals surface area contributed by atoms with Crippen LogP contribution in [-0.2, 0) is 11.3 Å². The fourth-order valence-electron chi connectivity index (χ4n) is 4.93. The van der Waals surface area contributed by atoms with Crippen molar-refractivity contribution < 1.29 is 29.0 Å². The number of benzene rings is 3. The minimum Gasteiger partial charge on any atom is -0.480 e. The number of nitrogens with zero attached hydrogens (tertiary/aromatic N) is 4. The number of hydrogen-bond acceptors (Lipinski definition) is 8. The lowest BCUT2D eigenvalue weighted by Crippen LogP contribution is -2.50. The first-order valence-electron chi connectivity index (χ1n) is 13.7. The van der Waals surface area contributed by atoms with Gasteiger partial charge in [0.15, 0.2) is 11.5 Å². The van der Waals surface area contributed by atoms with Crippen LogP contribution in [0.3, 0.4) is 0 Å². The first-order chi connectivity index (χ1) is 20.8. The van der Waals surface area contributed by atoms with Gasteiger partial charge in [-0.1, -0.05) is 30.3 Å². The highest BCUT2D eigenvalue weighted by molar-refractivity contribution is 6.10. The zero-order valence-corrected chi connectivity index (χ0v) is 23.4. The van der Waals surface area contributed by atoms with E-state index < -0.39 is 18.4 Å². The number of piperazine rings is 1. The topological polar surface area (TPSA) is 165 Å². The van der Waals surface area contributed by atoms with Gasteiger partial charge in [-0.05, 0) is 53.4 Å². The number of para-hydroxylation sites is 1. The molecule has 2 aliphatic rings. The zero-order valence-electron chi connectivity index (χ0n) is 23.4. The Morgan fingerprint density at radius 1 is 0.907 bits per heavy atom. The number of carboxylic acid groups (broad SMARTS) is 1. The first kappa shape index (κ1) is 29.1. The SMILES string of the molecule is NC(=O)N1CCN(Cc2ccc3c(c2)OCO3)CC1.Nc1nccc2ccc(C(=O)N(CC(=O)O)c3ccccc3)cc12. The number of aromatic nitrogens is 1. The van der Waals surface area contributed by atoms with Crippen molar-refractivity contribution in [2.24, 2.45) is 5.73 Å². The molecule has 0 spiro atoms. The van der Waals surface area contributed by atoms with Crippen molar-refractivity contribution in [2.75, 3.05) is 50.2 Å². The molecule has 4 aromatic rings. The highest BCUT2D eigenvalue weighted by Crippen LogP contribution is 2.33. The highest BCUT2D eigenvalue weighted by Gasteiger charge is 2.22. The molecular weight excluding hydrogens is 552 g/mol. The maximum absolute atomic E-state index is 12.8. The summed E-state index contributed by atoms with van der Waals surface area (Å²) in [5.41, 5.74) is 13.2. The molecule has 0 unspecified atom stereocenters. The van der Waals surface area contributed by atoms with Crippen molar-refractivity contribution in [3.05, 3.63) is 90.1 Å². The summed E-state index contributed by atoms with van der Waals surface area (Å²) in [6, 6.07) is 21.2. The molecule has 1 saturated heterocycles. The Morgan fingerprint density at radius 3 is 2.37 bits per heavy atom. The van der Waals surface area contributed by atoms with Gasteiger partial charge in [-0.25, -0.2) is 9.78 Å². The number of aliphatic carboxylic acids is 1. The summed E-state index contributed by atoms with van der Waals surface area (Å²) in [4.78, 5) is 44.3. The number of pyridine rings is 1. The second-order valence-corrected chi connectivity index (χ2v) is 10.0. The fraction of sp³-hybridized carbons (Fsp3) is 0.226. The first-order valence-corrected chi connectivity index (χ1v) is 13.7. The molecule has 0 radical (unpaired) electrons. The summed E-state index contributed by atoms with van der Waals surface area (Å²) < 4.78 is 10.7. The van der Waals surface area contributed by atoms with E-state index in [2.05, 4.69) is 9.88 Å². The maximum Gasteiger partial charge on any atom is 0.323 e. The van der Waals surface area contributed by atoms with E-state index in [0.29, 0.717) is 42.3 Å². The summed E-state index contributed by atoms with van der Waals surface area (Å²) in [5, 5.41) is 10.7. The van der Waals surface area contributed by atoms with E-state index in [0.717, 1.165) is 36.5 Å². The Kier molecular flexibility index (Phi) is 8.87. The number of carbonyl (C=O) groups excluding carboxylic acids is 2. The monoisotopic (exact) mass is 584 g/mol. The van der Waals surface area contributed by atoms with Gasteiger partial charge in [-0.15, -0.1) is 0 Å². The number of fused-ring (bicyclic) bond motifs is 2. The van der Waals surface area contributed by atoms with Crippen LogP contribution >= 0.6 is 0 Å². The molecule has 12 heteroatoms. The summed E-state index contributed by atoms with van der Waals surface area (Å²) in [5.74, 6) is 0.449. The molecule has 12 nitrogen and oxygen atoms in total. The van der Waals surface area contributed by atoms with Crippen LogP contribution in [0.25, 0.3) is 10.8 Å². The number of anilines is 2. The molecule has 1 aromatic heterocycles. The molecule has 2 aliphatic heterocycles. The van der Waals surface area contributed by atoms with Crippen LogP contribution in [0.1, 0.15) is 15.9 Å². The van der Waals surface area contributed by atoms with Crippen molar-refractivity contribution in [3.8, 4) is 11.5 Å². The number of carboxylic acids is 1. The molecule has 1 fully saturated rings. The molecule has 0 aliphatic carbocycles. The van der Waals surface area contributed by atoms with Gasteiger partial charge in [-0.3, -0.25) is 19.4 Å². The van der Waals surface area contributed by atoms with Crippen molar-refractivity contribution in [2.45, 2.75) is 6.54 Å². The van der Waals surface area contributed by atoms with E-state index in [-0.39, 0.29) is 6.03 Å². The zero-order chi connectivity index (χ0) is 30.3. The van der Waals surface area contributed by atoms with Crippen LogP contribution in [0.2, 0.25) is 0 Å². The van der Waals surface area contributed by atoms with E-state index in [4.69, 9.17) is 26.0 Å². The third-order valence-corrected chi connectivity index (χ3v) is 7.18. The predicted molar refractivity (Wildman–Crippen MR) is 161 cm³/mol. The number of primary amides is 1. The van der Waals surface area contributed by atoms with Gasteiger partial charge in [0.2, 0.25) is 6.79 Å². The number of ether oxygens (including phenoxy) is 2. The maximum atomic E-state index is 12.8. The third kappa shape index (κ3) is 7.11. The number of carbonyl (C=O) groups is 3. The van der Waals surface area contributed by atoms with Gasteiger partial charge < -0.3 is 30.9 Å². The molecule has 3 heterocycles. The smallest absolute Gasteiger partial charge is 0.323 e. The van der Waals surface area contributed by atoms with E-state index in [1.807, 2.05) is 18.2 Å². The lowest BCUT2D eigenvalue weighted by molar-refractivity contribution is -0.135. The second kappa shape index (κ2) is 13.1. The highest BCUT2D eigenvalue weighted by atomic mass is 16.7. The number of nitrogen functional groups attached to an aromatic ring is 1. The Hall–Kier alpha value is -5.36. The molecular formula is C31H32N6O6. The number of amides is 3. The molecule has 3 aromatic carbocycles. The summed E-state index contributed by atoms with van der Waals surface area (Å²) in [7, 11) is 0. The minimum atomic E-state index is -1.09. The molecule has 43 heavy (non-hydrogen) atoms. The molecule has 222 valence electrons. The van der Waals surface area contributed by atoms with Crippen LogP contribution in [0.15, 0.2) is 79.0 Å². The number of urea groups is 1. The van der Waals surface area contributed by atoms with Gasteiger partial charge in [0.05, 0.1) is 0 Å². The van der Waals surface area contributed by atoms with Gasteiger partial charge in [0, 0.05) is 55.6 Å². The largest absolute Gasteiger partial charge is 0.480 e. The molecule has 5 N–H and O–H groups in total. The molecule has 0 saturated carbocycles. The molecule has 3 amide bonds. The third-order valence-electron chi connectivity index (χ3n) is 7.18. The van der Waals surface area contributed by atoms with E-state index >= 15 is 0 Å². The summed E-state index contributed by atoms with van der Waals surface area (Å²) >= 11 is 0. The Labute approximate surface area is 248 Å². The van der Waals surface area contributed by atoms with E-state index in [1.165, 1.54) is 10.5 Å². The average molecular weight is 585 g/mol. The number of rotatable bonds is 6. The predicted octanol–water partition coefficient (Wildman–Crippen LogP) is 3.16. The molecule has 6 rings (SSSR count). The molecule has 0 atom stereocenters.